The zero-order chi connectivity index (χ0) is 15.7. The second-order valence-electron chi connectivity index (χ2n) is 5.96. The quantitative estimate of drug-likeness (QED) is 0.895. The minimum Gasteiger partial charge on any atom is -0.481 e. The van der Waals surface area contributed by atoms with E-state index >= 15 is 0 Å². The molecule has 22 heavy (non-hydrogen) atoms. The number of halogens is 1. The highest BCUT2D eigenvalue weighted by Gasteiger charge is 2.32. The molecule has 0 unspecified atom stereocenters. The van der Waals surface area contributed by atoms with E-state index in [2.05, 4.69) is 5.32 Å². The number of aliphatic carboxylic acids is 1. The van der Waals surface area contributed by atoms with E-state index in [9.17, 15) is 9.59 Å². The molecular formula is C16H18ClNO4. The van der Waals surface area contributed by atoms with Crippen molar-refractivity contribution < 1.29 is 19.4 Å². The average molecular weight is 324 g/mol. The largest absolute Gasteiger partial charge is 0.481 e. The monoisotopic (exact) mass is 323 g/mol. The third-order valence-electron chi connectivity index (χ3n) is 4.41. The second-order valence-corrected chi connectivity index (χ2v) is 6.39. The molecule has 118 valence electrons. The molecular weight excluding hydrogens is 306 g/mol. The molecule has 1 aromatic rings. The first-order chi connectivity index (χ1) is 10.5. The van der Waals surface area contributed by atoms with Crippen molar-refractivity contribution in [3.63, 3.8) is 0 Å². The van der Waals surface area contributed by atoms with E-state index < -0.39 is 12.1 Å². The van der Waals surface area contributed by atoms with Crippen LogP contribution in [0.25, 0.3) is 0 Å². The van der Waals surface area contributed by atoms with Crippen molar-refractivity contribution in [2.24, 2.45) is 5.92 Å². The highest BCUT2D eigenvalue weighted by Crippen LogP contribution is 2.31. The van der Waals surface area contributed by atoms with E-state index in [1.807, 2.05) is 6.07 Å². The summed E-state index contributed by atoms with van der Waals surface area (Å²) >= 11 is 5.94. The lowest BCUT2D eigenvalue weighted by atomic mass is 9.86. The SMILES string of the molecule is O=C(O)C1CCC(NC(=O)[C@@H]2Cc3cc(Cl)ccc3O2)CC1. The molecule has 0 spiro atoms. The molecule has 1 amide bonds. The number of benzene rings is 1. The number of carboxylic acid groups (broad SMARTS) is 1. The normalized spacial score (nSPS) is 26.9. The van der Waals surface area contributed by atoms with Gasteiger partial charge in [-0.1, -0.05) is 11.6 Å². The van der Waals surface area contributed by atoms with Crippen LogP contribution in [0.15, 0.2) is 18.2 Å². The first-order valence-electron chi connectivity index (χ1n) is 7.51. The van der Waals surface area contributed by atoms with Gasteiger partial charge in [0.2, 0.25) is 0 Å². The van der Waals surface area contributed by atoms with Crippen molar-refractivity contribution in [1.82, 2.24) is 5.32 Å². The Morgan fingerprint density at radius 2 is 1.95 bits per heavy atom. The summed E-state index contributed by atoms with van der Waals surface area (Å²) in [6.45, 7) is 0. The zero-order valence-corrected chi connectivity index (χ0v) is 12.8. The van der Waals surface area contributed by atoms with Crippen LogP contribution in [-0.4, -0.2) is 29.1 Å². The maximum absolute atomic E-state index is 12.3. The van der Waals surface area contributed by atoms with Gasteiger partial charge in [-0.3, -0.25) is 9.59 Å². The predicted molar refractivity (Wildman–Crippen MR) is 81.1 cm³/mol. The molecule has 1 aliphatic heterocycles. The minimum absolute atomic E-state index is 0.0407. The van der Waals surface area contributed by atoms with Gasteiger partial charge in [-0.2, -0.15) is 0 Å². The van der Waals surface area contributed by atoms with Crippen molar-refractivity contribution >= 4 is 23.5 Å². The minimum atomic E-state index is -0.740. The number of hydrogen-bond donors (Lipinski definition) is 2. The molecule has 2 aliphatic rings. The van der Waals surface area contributed by atoms with Crippen LogP contribution in [0.5, 0.6) is 5.75 Å². The summed E-state index contributed by atoms with van der Waals surface area (Å²) in [5.41, 5.74) is 0.947. The number of hydrogen-bond acceptors (Lipinski definition) is 3. The second kappa shape index (κ2) is 6.16. The average Bonchev–Trinajstić information content (AvgIpc) is 2.91. The van der Waals surface area contributed by atoms with Crippen molar-refractivity contribution in [2.45, 2.75) is 44.2 Å². The highest BCUT2D eigenvalue weighted by molar-refractivity contribution is 6.30. The van der Waals surface area contributed by atoms with Gasteiger partial charge in [0.15, 0.2) is 6.10 Å². The van der Waals surface area contributed by atoms with E-state index in [1.165, 1.54) is 0 Å². The summed E-state index contributed by atoms with van der Waals surface area (Å²) in [7, 11) is 0. The van der Waals surface area contributed by atoms with Gasteiger partial charge in [0.25, 0.3) is 5.91 Å². The molecule has 1 saturated carbocycles. The first-order valence-corrected chi connectivity index (χ1v) is 7.89. The smallest absolute Gasteiger partial charge is 0.306 e. The number of ether oxygens (including phenoxy) is 1. The zero-order valence-electron chi connectivity index (χ0n) is 12.0. The van der Waals surface area contributed by atoms with E-state index in [-0.39, 0.29) is 17.9 Å². The molecule has 6 heteroatoms. The molecule has 2 N–H and O–H groups in total. The van der Waals surface area contributed by atoms with Crippen LogP contribution in [0, 0.1) is 5.92 Å². The standard InChI is InChI=1S/C16H18ClNO4/c17-11-3-6-13-10(7-11)8-14(22-13)15(19)18-12-4-1-9(2-5-12)16(20)21/h3,6-7,9,12,14H,1-2,4-5,8H2,(H,18,19)(H,20,21)/t9?,12?,14-/m0/s1. The third-order valence-corrected chi connectivity index (χ3v) is 4.65. The molecule has 1 aliphatic carbocycles. The number of carboxylic acids is 1. The van der Waals surface area contributed by atoms with Gasteiger partial charge in [0.05, 0.1) is 5.92 Å². The maximum atomic E-state index is 12.3. The van der Waals surface area contributed by atoms with Crippen LogP contribution in [-0.2, 0) is 16.0 Å². The molecule has 0 bridgehead atoms. The number of rotatable bonds is 3. The van der Waals surface area contributed by atoms with Crippen molar-refractivity contribution in [3.8, 4) is 5.75 Å². The highest BCUT2D eigenvalue weighted by atomic mass is 35.5. The Labute approximate surface area is 133 Å². The van der Waals surface area contributed by atoms with Crippen LogP contribution in [0.3, 0.4) is 0 Å². The van der Waals surface area contributed by atoms with E-state index in [4.69, 9.17) is 21.4 Å². The van der Waals surface area contributed by atoms with Crippen LogP contribution in [0.1, 0.15) is 31.2 Å². The van der Waals surface area contributed by atoms with E-state index in [0.29, 0.717) is 42.9 Å². The maximum Gasteiger partial charge on any atom is 0.306 e. The molecule has 1 fully saturated rings. The lowest BCUT2D eigenvalue weighted by Crippen LogP contribution is -2.45. The van der Waals surface area contributed by atoms with Crippen molar-refractivity contribution in [2.75, 3.05) is 0 Å². The fourth-order valence-corrected chi connectivity index (χ4v) is 3.34. The van der Waals surface area contributed by atoms with Gasteiger partial charge in [-0.05, 0) is 49.4 Å². The molecule has 0 aromatic heterocycles. The number of carbonyl (C=O) groups is 2. The van der Waals surface area contributed by atoms with Gasteiger partial charge in [0.1, 0.15) is 5.75 Å². The lowest BCUT2D eigenvalue weighted by molar-refractivity contribution is -0.142. The summed E-state index contributed by atoms with van der Waals surface area (Å²) in [4.78, 5) is 23.2. The summed E-state index contributed by atoms with van der Waals surface area (Å²) in [6.07, 6.45) is 2.63. The van der Waals surface area contributed by atoms with Crippen molar-refractivity contribution in [1.29, 1.82) is 0 Å². The molecule has 1 atom stereocenters. The van der Waals surface area contributed by atoms with Crippen LogP contribution in [0.4, 0.5) is 0 Å². The molecule has 1 aromatic carbocycles. The first kappa shape index (κ1) is 15.2. The predicted octanol–water partition coefficient (Wildman–Crippen LogP) is 2.40. The molecule has 0 radical (unpaired) electrons. The molecule has 0 saturated heterocycles. The number of amides is 1. The third kappa shape index (κ3) is 3.19. The van der Waals surface area contributed by atoms with Gasteiger partial charge >= 0.3 is 5.97 Å². The van der Waals surface area contributed by atoms with Crippen LogP contribution in [0.2, 0.25) is 5.02 Å². The molecule has 3 rings (SSSR count). The summed E-state index contributed by atoms with van der Waals surface area (Å²) in [5, 5.41) is 12.6. The van der Waals surface area contributed by atoms with Gasteiger partial charge in [0, 0.05) is 17.5 Å². The van der Waals surface area contributed by atoms with E-state index in [0.717, 1.165) is 5.56 Å². The Bertz CT molecular complexity index is 596. The Hall–Kier alpha value is -1.75. The summed E-state index contributed by atoms with van der Waals surface area (Å²) in [6, 6.07) is 5.39. The fourth-order valence-electron chi connectivity index (χ4n) is 3.14. The topological polar surface area (TPSA) is 75.6 Å². The lowest BCUT2D eigenvalue weighted by Gasteiger charge is -2.27. The van der Waals surface area contributed by atoms with Crippen molar-refractivity contribution in [3.05, 3.63) is 28.8 Å². The van der Waals surface area contributed by atoms with E-state index in [1.54, 1.807) is 12.1 Å². The summed E-state index contributed by atoms with van der Waals surface area (Å²) < 4.78 is 5.66. The van der Waals surface area contributed by atoms with Gasteiger partial charge < -0.3 is 15.2 Å². The molecule has 5 nitrogen and oxygen atoms in total. The van der Waals surface area contributed by atoms with Crippen LogP contribution >= 0.6 is 11.6 Å². The number of fused-ring (bicyclic) bond motifs is 1. The van der Waals surface area contributed by atoms with Gasteiger partial charge in [-0.15, -0.1) is 0 Å². The molecule has 1 heterocycles. The van der Waals surface area contributed by atoms with Crippen LogP contribution < -0.4 is 10.1 Å². The summed E-state index contributed by atoms with van der Waals surface area (Å²) in [5.74, 6) is -0.441. The number of carbonyl (C=O) groups excluding carboxylic acids is 1. The fraction of sp³-hybridized carbons (Fsp3) is 0.500. The number of nitrogens with one attached hydrogen (secondary N) is 1. The van der Waals surface area contributed by atoms with Gasteiger partial charge in [-0.25, -0.2) is 0 Å². The Balaban J connectivity index is 1.53. The Morgan fingerprint density at radius 3 is 2.64 bits per heavy atom. The Morgan fingerprint density at radius 1 is 1.23 bits per heavy atom. The Kier molecular flexibility index (Phi) is 4.25.